The second-order valence-corrected chi connectivity index (χ2v) is 4.82. The average molecular weight is 293 g/mol. The second-order valence-electron chi connectivity index (χ2n) is 4.03. The summed E-state index contributed by atoms with van der Waals surface area (Å²) in [7, 11) is 1.62. The summed E-state index contributed by atoms with van der Waals surface area (Å²) in [6, 6.07) is 9.26. The molecule has 0 N–H and O–H groups in total. The molecule has 0 radical (unpaired) electrons. The molecule has 0 saturated carbocycles. The smallest absolute Gasteiger partial charge is 0.180 e. The van der Waals surface area contributed by atoms with Gasteiger partial charge < -0.3 is 9.14 Å². The fourth-order valence-corrected chi connectivity index (χ4v) is 2.38. The highest BCUT2D eigenvalue weighted by molar-refractivity contribution is 6.43. The molecule has 0 aliphatic rings. The van der Waals surface area contributed by atoms with Crippen molar-refractivity contribution in [3.63, 3.8) is 0 Å². The summed E-state index contributed by atoms with van der Waals surface area (Å²) in [6.07, 6.45) is 3.81. The van der Waals surface area contributed by atoms with Crippen LogP contribution in [-0.4, -0.2) is 16.5 Å². The minimum atomic E-state index is 0.506. The number of benzene rings is 1. The van der Waals surface area contributed by atoms with Crippen molar-refractivity contribution in [2.24, 2.45) is 0 Å². The van der Waals surface area contributed by atoms with E-state index in [-0.39, 0.29) is 0 Å². The van der Waals surface area contributed by atoms with E-state index < -0.39 is 0 Å². The molecule has 3 aromatic rings. The first-order chi connectivity index (χ1) is 9.20. The third-order valence-electron chi connectivity index (χ3n) is 2.89. The van der Waals surface area contributed by atoms with Crippen molar-refractivity contribution in [3.8, 4) is 17.0 Å². The number of rotatable bonds is 2. The summed E-state index contributed by atoms with van der Waals surface area (Å²) in [5.74, 6) is 0.715. The highest BCUT2D eigenvalue weighted by atomic mass is 35.5. The number of imidazole rings is 1. The van der Waals surface area contributed by atoms with Crippen LogP contribution in [0.2, 0.25) is 10.0 Å². The molecule has 19 heavy (non-hydrogen) atoms. The van der Waals surface area contributed by atoms with Crippen LogP contribution in [0.1, 0.15) is 0 Å². The van der Waals surface area contributed by atoms with E-state index in [2.05, 4.69) is 4.98 Å². The summed E-state index contributed by atoms with van der Waals surface area (Å²) in [5, 5.41) is 1.02. The Kier molecular flexibility index (Phi) is 3.09. The molecule has 2 heterocycles. The molecule has 0 aliphatic heterocycles. The van der Waals surface area contributed by atoms with Gasteiger partial charge in [-0.05, 0) is 18.2 Å². The summed E-state index contributed by atoms with van der Waals surface area (Å²) in [6.45, 7) is 0. The second kappa shape index (κ2) is 4.76. The van der Waals surface area contributed by atoms with E-state index in [1.54, 1.807) is 13.2 Å². The molecule has 2 aromatic heterocycles. The summed E-state index contributed by atoms with van der Waals surface area (Å²) >= 11 is 12.2. The van der Waals surface area contributed by atoms with Crippen LogP contribution in [0.3, 0.4) is 0 Å². The van der Waals surface area contributed by atoms with Crippen molar-refractivity contribution in [2.75, 3.05) is 7.11 Å². The van der Waals surface area contributed by atoms with Gasteiger partial charge in [-0.15, -0.1) is 0 Å². The Morgan fingerprint density at radius 3 is 2.79 bits per heavy atom. The van der Waals surface area contributed by atoms with Crippen LogP contribution >= 0.6 is 23.2 Å². The Bertz CT molecular complexity index is 752. The number of hydrogen-bond acceptors (Lipinski definition) is 2. The molecule has 0 fully saturated rings. The van der Waals surface area contributed by atoms with Crippen LogP contribution in [0.25, 0.3) is 16.9 Å². The monoisotopic (exact) mass is 292 g/mol. The van der Waals surface area contributed by atoms with Gasteiger partial charge in [0.2, 0.25) is 0 Å². The largest absolute Gasteiger partial charge is 0.493 e. The molecule has 0 unspecified atom stereocenters. The fraction of sp³-hybridized carbons (Fsp3) is 0.0714. The fourth-order valence-electron chi connectivity index (χ4n) is 1.98. The van der Waals surface area contributed by atoms with E-state index in [1.807, 2.05) is 41.1 Å². The zero-order valence-corrected chi connectivity index (χ0v) is 11.6. The van der Waals surface area contributed by atoms with E-state index in [4.69, 9.17) is 27.9 Å². The Morgan fingerprint density at radius 2 is 2.00 bits per heavy atom. The lowest BCUT2D eigenvalue weighted by Crippen LogP contribution is -1.88. The Morgan fingerprint density at radius 1 is 1.16 bits per heavy atom. The summed E-state index contributed by atoms with van der Waals surface area (Å²) in [5.41, 5.74) is 2.31. The quantitative estimate of drug-likeness (QED) is 0.703. The van der Waals surface area contributed by atoms with Crippen molar-refractivity contribution in [3.05, 3.63) is 52.8 Å². The molecule has 1 aromatic carbocycles. The van der Waals surface area contributed by atoms with Gasteiger partial charge in [-0.25, -0.2) is 4.98 Å². The standard InChI is InChI=1S/C14H10Cl2N2O/c1-19-12-6-3-7-18-8-11(17-14(12)18)9-4-2-5-10(15)13(9)16/h2-8H,1H3. The number of hydrogen-bond donors (Lipinski definition) is 0. The maximum absolute atomic E-state index is 6.22. The van der Waals surface area contributed by atoms with Gasteiger partial charge in [0.25, 0.3) is 0 Å². The van der Waals surface area contributed by atoms with Gasteiger partial charge in [0, 0.05) is 18.0 Å². The van der Waals surface area contributed by atoms with E-state index in [0.29, 0.717) is 15.8 Å². The molecule has 0 spiro atoms. The van der Waals surface area contributed by atoms with Crippen LogP contribution < -0.4 is 4.74 Å². The number of nitrogens with zero attached hydrogens (tertiary/aromatic N) is 2. The van der Waals surface area contributed by atoms with E-state index in [9.17, 15) is 0 Å². The van der Waals surface area contributed by atoms with Crippen LogP contribution in [0, 0.1) is 0 Å². The third-order valence-corrected chi connectivity index (χ3v) is 3.71. The SMILES string of the molecule is COc1cccn2cc(-c3cccc(Cl)c3Cl)nc12. The van der Waals surface area contributed by atoms with Crippen LogP contribution in [0.15, 0.2) is 42.7 Å². The van der Waals surface area contributed by atoms with Gasteiger partial charge in [0.1, 0.15) is 0 Å². The Hall–Kier alpha value is -1.71. The van der Waals surface area contributed by atoms with Crippen molar-refractivity contribution in [2.45, 2.75) is 0 Å². The summed E-state index contributed by atoms with van der Waals surface area (Å²) in [4.78, 5) is 4.55. The highest BCUT2D eigenvalue weighted by Gasteiger charge is 2.12. The van der Waals surface area contributed by atoms with Gasteiger partial charge in [0.15, 0.2) is 11.4 Å². The molecule has 0 aliphatic carbocycles. The molecular weight excluding hydrogens is 283 g/mol. The number of halogens is 2. The molecule has 0 saturated heterocycles. The number of ether oxygens (including phenoxy) is 1. The maximum Gasteiger partial charge on any atom is 0.180 e. The lowest BCUT2D eigenvalue weighted by atomic mass is 10.2. The summed E-state index contributed by atoms with van der Waals surface area (Å²) < 4.78 is 7.18. The van der Waals surface area contributed by atoms with Gasteiger partial charge in [0.05, 0.1) is 22.8 Å². The molecule has 3 nitrogen and oxygen atoms in total. The van der Waals surface area contributed by atoms with Crippen LogP contribution in [0.5, 0.6) is 5.75 Å². The topological polar surface area (TPSA) is 26.5 Å². The number of fused-ring (bicyclic) bond motifs is 1. The van der Waals surface area contributed by atoms with Crippen molar-refractivity contribution in [1.29, 1.82) is 0 Å². The number of methoxy groups -OCH3 is 1. The van der Waals surface area contributed by atoms with Gasteiger partial charge >= 0.3 is 0 Å². The zero-order valence-electron chi connectivity index (χ0n) is 10.1. The highest BCUT2D eigenvalue weighted by Crippen LogP contribution is 2.33. The number of aromatic nitrogens is 2. The average Bonchev–Trinajstić information content (AvgIpc) is 2.85. The Balaban J connectivity index is 2.24. The van der Waals surface area contributed by atoms with Crippen molar-refractivity contribution < 1.29 is 4.74 Å². The molecule has 0 amide bonds. The predicted octanol–water partition coefficient (Wildman–Crippen LogP) is 4.32. The first-order valence-corrected chi connectivity index (χ1v) is 6.42. The first kappa shape index (κ1) is 12.3. The maximum atomic E-state index is 6.22. The molecule has 5 heteroatoms. The molecule has 96 valence electrons. The predicted molar refractivity (Wildman–Crippen MR) is 77.2 cm³/mol. The van der Waals surface area contributed by atoms with E-state index in [1.165, 1.54) is 0 Å². The van der Waals surface area contributed by atoms with Gasteiger partial charge in [-0.3, -0.25) is 0 Å². The minimum absolute atomic E-state index is 0.506. The van der Waals surface area contributed by atoms with E-state index in [0.717, 1.165) is 16.9 Å². The normalized spacial score (nSPS) is 10.9. The van der Waals surface area contributed by atoms with Gasteiger partial charge in [-0.2, -0.15) is 0 Å². The molecule has 0 atom stereocenters. The zero-order chi connectivity index (χ0) is 13.4. The van der Waals surface area contributed by atoms with Crippen molar-refractivity contribution >= 4 is 28.8 Å². The molecule has 3 rings (SSSR count). The minimum Gasteiger partial charge on any atom is -0.493 e. The van der Waals surface area contributed by atoms with E-state index >= 15 is 0 Å². The first-order valence-electron chi connectivity index (χ1n) is 5.67. The number of pyridine rings is 1. The Labute approximate surface area is 120 Å². The van der Waals surface area contributed by atoms with Gasteiger partial charge in [-0.1, -0.05) is 35.3 Å². The molecular formula is C14H10Cl2N2O. The van der Waals surface area contributed by atoms with Crippen LogP contribution in [0.4, 0.5) is 0 Å². The van der Waals surface area contributed by atoms with Crippen molar-refractivity contribution in [1.82, 2.24) is 9.38 Å². The lowest BCUT2D eigenvalue weighted by Gasteiger charge is -2.01. The third kappa shape index (κ3) is 2.05. The van der Waals surface area contributed by atoms with Crippen LogP contribution in [-0.2, 0) is 0 Å². The lowest BCUT2D eigenvalue weighted by molar-refractivity contribution is 0.417. The molecule has 0 bridgehead atoms.